The van der Waals surface area contributed by atoms with Gasteiger partial charge in [-0.15, -0.1) is 12.4 Å². The molecule has 2 N–H and O–H groups in total. The van der Waals surface area contributed by atoms with Gasteiger partial charge < -0.3 is 15.4 Å². The van der Waals surface area contributed by atoms with Gasteiger partial charge in [-0.2, -0.15) is 0 Å². The molecule has 0 aromatic heterocycles. The van der Waals surface area contributed by atoms with Gasteiger partial charge in [-0.25, -0.2) is 0 Å². The average molecular weight is 291 g/mol. The maximum absolute atomic E-state index is 12.4. The fraction of sp³-hybridized carbons (Fsp3) is 0.929. The van der Waals surface area contributed by atoms with Gasteiger partial charge in [0.2, 0.25) is 5.91 Å². The van der Waals surface area contributed by atoms with Crippen LogP contribution in [-0.2, 0) is 9.53 Å². The minimum absolute atomic E-state index is 0. The number of nitrogens with zero attached hydrogens (tertiary/aromatic N) is 1. The molecule has 1 amide bonds. The van der Waals surface area contributed by atoms with E-state index >= 15 is 0 Å². The lowest BCUT2D eigenvalue weighted by Crippen LogP contribution is -2.47. The molecule has 1 saturated heterocycles. The van der Waals surface area contributed by atoms with Crippen molar-refractivity contribution < 1.29 is 9.53 Å². The van der Waals surface area contributed by atoms with E-state index in [2.05, 4.69) is 0 Å². The van der Waals surface area contributed by atoms with E-state index in [-0.39, 0.29) is 29.8 Å². The molecule has 1 heterocycles. The summed E-state index contributed by atoms with van der Waals surface area (Å²) >= 11 is 0. The Morgan fingerprint density at radius 2 is 2.05 bits per heavy atom. The van der Waals surface area contributed by atoms with E-state index in [0.717, 1.165) is 25.9 Å². The van der Waals surface area contributed by atoms with Crippen LogP contribution in [0.5, 0.6) is 0 Å². The first-order valence-electron chi connectivity index (χ1n) is 7.25. The summed E-state index contributed by atoms with van der Waals surface area (Å²) in [5, 5.41) is 0. The van der Waals surface area contributed by atoms with Gasteiger partial charge in [-0.3, -0.25) is 4.79 Å². The summed E-state index contributed by atoms with van der Waals surface area (Å²) in [7, 11) is 0. The second-order valence-corrected chi connectivity index (χ2v) is 5.96. The number of hydrogen-bond donors (Lipinski definition) is 1. The molecule has 4 nitrogen and oxygen atoms in total. The third-order valence-electron chi connectivity index (χ3n) is 4.47. The standard InChI is InChI=1S/C14H26N2O2.ClH/c1-12-10-16(7-8-18-12)13(17)9-14(11-15)5-3-2-4-6-14;/h12H,2-11,15H2,1H3;1H. The third kappa shape index (κ3) is 4.33. The molecule has 0 bridgehead atoms. The number of rotatable bonds is 3. The SMILES string of the molecule is CC1CN(C(=O)CC2(CN)CCCCC2)CCO1.Cl. The summed E-state index contributed by atoms with van der Waals surface area (Å²) in [6.45, 7) is 4.82. The number of nitrogens with two attached hydrogens (primary N) is 1. The zero-order valence-electron chi connectivity index (χ0n) is 11.9. The quantitative estimate of drug-likeness (QED) is 0.864. The van der Waals surface area contributed by atoms with Crippen molar-refractivity contribution in [2.75, 3.05) is 26.2 Å². The van der Waals surface area contributed by atoms with Crippen molar-refractivity contribution in [2.45, 2.75) is 51.6 Å². The number of halogens is 1. The molecular weight excluding hydrogens is 264 g/mol. The van der Waals surface area contributed by atoms with E-state index < -0.39 is 0 Å². The maximum Gasteiger partial charge on any atom is 0.223 e. The number of amides is 1. The predicted octanol–water partition coefficient (Wildman–Crippen LogP) is 1.95. The van der Waals surface area contributed by atoms with E-state index in [1.165, 1.54) is 19.3 Å². The Kier molecular flexibility index (Phi) is 6.57. The van der Waals surface area contributed by atoms with E-state index in [1.807, 2.05) is 11.8 Å². The number of carbonyl (C=O) groups excluding carboxylic acids is 1. The van der Waals surface area contributed by atoms with E-state index in [0.29, 0.717) is 19.6 Å². The molecule has 0 radical (unpaired) electrons. The van der Waals surface area contributed by atoms with Gasteiger partial charge in [0, 0.05) is 19.5 Å². The molecule has 1 saturated carbocycles. The molecule has 0 aromatic rings. The molecule has 1 atom stereocenters. The van der Waals surface area contributed by atoms with Crippen molar-refractivity contribution >= 4 is 18.3 Å². The van der Waals surface area contributed by atoms with Crippen LogP contribution in [0.15, 0.2) is 0 Å². The molecule has 0 spiro atoms. The molecular formula is C14H27ClN2O2. The Morgan fingerprint density at radius 1 is 1.37 bits per heavy atom. The molecule has 2 fully saturated rings. The van der Waals surface area contributed by atoms with Gasteiger partial charge in [-0.05, 0) is 31.7 Å². The van der Waals surface area contributed by atoms with Crippen LogP contribution in [0.25, 0.3) is 0 Å². The fourth-order valence-corrected chi connectivity index (χ4v) is 3.23. The molecule has 1 aliphatic carbocycles. The molecule has 112 valence electrons. The van der Waals surface area contributed by atoms with Gasteiger partial charge in [0.05, 0.1) is 12.7 Å². The van der Waals surface area contributed by atoms with Crippen LogP contribution in [0.1, 0.15) is 45.4 Å². The molecule has 5 heteroatoms. The van der Waals surface area contributed by atoms with Crippen molar-refractivity contribution in [1.29, 1.82) is 0 Å². The lowest BCUT2D eigenvalue weighted by atomic mass is 9.71. The Morgan fingerprint density at radius 3 is 2.63 bits per heavy atom. The Hall–Kier alpha value is -0.320. The summed E-state index contributed by atoms with van der Waals surface area (Å²) in [5.41, 5.74) is 6.03. The van der Waals surface area contributed by atoms with E-state index in [9.17, 15) is 4.79 Å². The first-order chi connectivity index (χ1) is 8.65. The van der Waals surface area contributed by atoms with E-state index in [4.69, 9.17) is 10.5 Å². The Balaban J connectivity index is 0.00000180. The van der Waals surface area contributed by atoms with Crippen molar-refractivity contribution in [3.63, 3.8) is 0 Å². The predicted molar refractivity (Wildman–Crippen MR) is 78.4 cm³/mol. The number of morpholine rings is 1. The Labute approximate surface area is 122 Å². The van der Waals surface area contributed by atoms with Gasteiger partial charge in [0.25, 0.3) is 0 Å². The monoisotopic (exact) mass is 290 g/mol. The third-order valence-corrected chi connectivity index (χ3v) is 4.47. The van der Waals surface area contributed by atoms with Crippen LogP contribution in [0.4, 0.5) is 0 Å². The average Bonchev–Trinajstić information content (AvgIpc) is 2.40. The minimum atomic E-state index is 0. The van der Waals surface area contributed by atoms with Crippen LogP contribution >= 0.6 is 12.4 Å². The first-order valence-corrected chi connectivity index (χ1v) is 7.25. The van der Waals surface area contributed by atoms with Gasteiger partial charge >= 0.3 is 0 Å². The van der Waals surface area contributed by atoms with E-state index in [1.54, 1.807) is 0 Å². The minimum Gasteiger partial charge on any atom is -0.375 e. The second kappa shape index (κ2) is 7.46. The van der Waals surface area contributed by atoms with Crippen LogP contribution in [0.3, 0.4) is 0 Å². The van der Waals surface area contributed by atoms with Crippen molar-refractivity contribution in [1.82, 2.24) is 4.90 Å². The highest BCUT2D eigenvalue weighted by atomic mass is 35.5. The lowest BCUT2D eigenvalue weighted by molar-refractivity contribution is -0.141. The summed E-state index contributed by atoms with van der Waals surface area (Å²) in [6.07, 6.45) is 6.79. The van der Waals surface area contributed by atoms with Crippen LogP contribution < -0.4 is 5.73 Å². The highest BCUT2D eigenvalue weighted by molar-refractivity contribution is 5.85. The van der Waals surface area contributed by atoms with Crippen LogP contribution in [0, 0.1) is 5.41 Å². The summed E-state index contributed by atoms with van der Waals surface area (Å²) in [4.78, 5) is 14.3. The lowest BCUT2D eigenvalue weighted by Gasteiger charge is -2.39. The summed E-state index contributed by atoms with van der Waals surface area (Å²) < 4.78 is 5.48. The second-order valence-electron chi connectivity index (χ2n) is 5.96. The highest BCUT2D eigenvalue weighted by Crippen LogP contribution is 2.38. The highest BCUT2D eigenvalue weighted by Gasteiger charge is 2.35. The smallest absolute Gasteiger partial charge is 0.223 e. The van der Waals surface area contributed by atoms with Gasteiger partial charge in [-0.1, -0.05) is 19.3 Å². The van der Waals surface area contributed by atoms with Crippen molar-refractivity contribution in [3.8, 4) is 0 Å². The molecule has 1 aliphatic heterocycles. The zero-order chi connectivity index (χ0) is 13.0. The molecule has 19 heavy (non-hydrogen) atoms. The molecule has 0 aromatic carbocycles. The number of ether oxygens (including phenoxy) is 1. The maximum atomic E-state index is 12.4. The molecule has 2 rings (SSSR count). The van der Waals surface area contributed by atoms with Crippen LogP contribution in [0.2, 0.25) is 0 Å². The number of hydrogen-bond acceptors (Lipinski definition) is 3. The van der Waals surface area contributed by atoms with Gasteiger partial charge in [0.1, 0.15) is 0 Å². The van der Waals surface area contributed by atoms with Gasteiger partial charge in [0.15, 0.2) is 0 Å². The molecule has 1 unspecified atom stereocenters. The fourth-order valence-electron chi connectivity index (χ4n) is 3.23. The van der Waals surface area contributed by atoms with Crippen molar-refractivity contribution in [3.05, 3.63) is 0 Å². The van der Waals surface area contributed by atoms with Crippen molar-refractivity contribution in [2.24, 2.45) is 11.1 Å². The first kappa shape index (κ1) is 16.7. The number of carbonyl (C=O) groups is 1. The zero-order valence-corrected chi connectivity index (χ0v) is 12.7. The summed E-state index contributed by atoms with van der Waals surface area (Å²) in [6, 6.07) is 0. The normalized spacial score (nSPS) is 26.6. The molecule has 2 aliphatic rings. The largest absolute Gasteiger partial charge is 0.375 e. The Bertz CT molecular complexity index is 293. The van der Waals surface area contributed by atoms with Crippen LogP contribution in [-0.4, -0.2) is 43.2 Å². The summed E-state index contributed by atoms with van der Waals surface area (Å²) in [5.74, 6) is 0.275. The topological polar surface area (TPSA) is 55.6 Å².